The summed E-state index contributed by atoms with van der Waals surface area (Å²) in [6, 6.07) is 0. The molecule has 0 saturated heterocycles. The van der Waals surface area contributed by atoms with E-state index in [0.29, 0.717) is 12.8 Å². The van der Waals surface area contributed by atoms with Crippen LogP contribution in [0.4, 0.5) is 0 Å². The van der Waals surface area contributed by atoms with Crippen LogP contribution in [-0.2, 0) is 47.7 Å². The minimum absolute atomic E-state index is 0.0663. The third kappa shape index (κ3) is 3.81. The van der Waals surface area contributed by atoms with Crippen LogP contribution in [0.25, 0.3) is 0 Å². The number of hydrogen-bond acceptors (Lipinski definition) is 10. The molecule has 0 amide bonds. The molecular formula is C28H36O10. The van der Waals surface area contributed by atoms with Crippen molar-refractivity contribution in [2.45, 2.75) is 91.6 Å². The molecule has 0 aromatic carbocycles. The quantitative estimate of drug-likeness (QED) is 0.224. The zero-order chi connectivity index (χ0) is 28.4. The number of aldehydes is 1. The van der Waals surface area contributed by atoms with Gasteiger partial charge in [-0.05, 0) is 42.6 Å². The molecule has 4 saturated carbocycles. The number of ketones is 1. The van der Waals surface area contributed by atoms with Crippen molar-refractivity contribution in [2.24, 2.45) is 34.0 Å². The normalized spacial score (nSPS) is 40.7. The summed E-state index contributed by atoms with van der Waals surface area (Å²) in [6.45, 7) is 12.9. The summed E-state index contributed by atoms with van der Waals surface area (Å²) in [5, 5.41) is 0. The number of rotatable bonds is 5. The third-order valence-corrected chi connectivity index (χ3v) is 9.45. The first-order valence-corrected chi connectivity index (χ1v) is 13.0. The van der Waals surface area contributed by atoms with Crippen molar-refractivity contribution in [2.75, 3.05) is 0 Å². The second-order valence-electron chi connectivity index (χ2n) is 11.9. The zero-order valence-corrected chi connectivity index (χ0v) is 22.7. The van der Waals surface area contributed by atoms with Crippen LogP contribution in [0.5, 0.6) is 0 Å². The van der Waals surface area contributed by atoms with Crippen LogP contribution in [0, 0.1) is 34.0 Å². The highest BCUT2D eigenvalue weighted by Crippen LogP contribution is 2.72. The first-order chi connectivity index (χ1) is 17.6. The van der Waals surface area contributed by atoms with E-state index in [4.69, 9.17) is 18.9 Å². The highest BCUT2D eigenvalue weighted by atomic mass is 16.6. The molecule has 9 atom stereocenters. The predicted molar refractivity (Wildman–Crippen MR) is 130 cm³/mol. The Morgan fingerprint density at radius 2 is 1.42 bits per heavy atom. The summed E-state index contributed by atoms with van der Waals surface area (Å²) in [5.74, 6) is -5.38. The second-order valence-corrected chi connectivity index (χ2v) is 11.9. The van der Waals surface area contributed by atoms with Crippen molar-refractivity contribution in [1.82, 2.24) is 0 Å². The van der Waals surface area contributed by atoms with Crippen molar-refractivity contribution in [3.05, 3.63) is 12.2 Å². The molecule has 0 N–H and O–H groups in total. The molecule has 4 aliphatic rings. The molecule has 2 unspecified atom stereocenters. The molecule has 0 aromatic heterocycles. The van der Waals surface area contributed by atoms with Gasteiger partial charge in [0.25, 0.3) is 0 Å². The summed E-state index contributed by atoms with van der Waals surface area (Å²) in [6.07, 6.45) is -2.35. The number of ether oxygens (including phenoxy) is 4. The van der Waals surface area contributed by atoms with Gasteiger partial charge in [0.15, 0.2) is 5.78 Å². The minimum atomic E-state index is -1.76. The standard InChI is InChI=1S/C28H36O10/c1-13-18-10-19(35-14(2)30)23-27(12-29)20(26(6,7)9-8-21(27)36-15(3)31)11-22(37-16(4)32)28(23,24(13)34)25(18)38-17(5)33/h12,18-23,25H,1,8-11H2,2-7H3/t18-,19-,20+,21+,22?,23-,25+,27-,28?/m0/s1. The van der Waals surface area contributed by atoms with Gasteiger partial charge in [0.2, 0.25) is 0 Å². The Morgan fingerprint density at radius 3 is 1.95 bits per heavy atom. The number of hydrogen-bond donors (Lipinski definition) is 0. The van der Waals surface area contributed by atoms with Crippen LogP contribution in [0.3, 0.4) is 0 Å². The fraction of sp³-hybridized carbons (Fsp3) is 0.714. The Bertz CT molecular complexity index is 1110. The van der Waals surface area contributed by atoms with Crippen molar-refractivity contribution in [3.8, 4) is 0 Å². The Balaban J connectivity index is 2.10. The number of esters is 4. The van der Waals surface area contributed by atoms with E-state index in [-0.39, 0.29) is 18.4 Å². The van der Waals surface area contributed by atoms with Crippen molar-refractivity contribution in [3.63, 3.8) is 0 Å². The van der Waals surface area contributed by atoms with E-state index in [2.05, 4.69) is 6.58 Å². The molecule has 1 spiro atoms. The van der Waals surface area contributed by atoms with Gasteiger partial charge in [-0.25, -0.2) is 0 Å². The molecule has 4 aliphatic carbocycles. The van der Waals surface area contributed by atoms with Gasteiger partial charge in [0.1, 0.15) is 36.1 Å². The molecule has 0 aromatic rings. The number of fused-ring (bicyclic) bond motifs is 3. The minimum Gasteiger partial charge on any atom is -0.462 e. The number of Topliss-reactive ketones (excluding diaryl/α,β-unsaturated/α-hetero) is 1. The molecular weight excluding hydrogens is 496 g/mol. The first kappa shape index (κ1) is 28.0. The van der Waals surface area contributed by atoms with Gasteiger partial charge >= 0.3 is 23.9 Å². The smallest absolute Gasteiger partial charge is 0.302 e. The molecule has 0 aliphatic heterocycles. The second kappa shape index (κ2) is 9.31. The van der Waals surface area contributed by atoms with Crippen LogP contribution in [0.15, 0.2) is 12.2 Å². The number of carbonyl (C=O) groups is 6. The average molecular weight is 533 g/mol. The summed E-state index contributed by atoms with van der Waals surface area (Å²) < 4.78 is 23.3. The van der Waals surface area contributed by atoms with Gasteiger partial charge in [0.05, 0.1) is 5.41 Å². The Kier molecular flexibility index (Phi) is 6.85. The summed E-state index contributed by atoms with van der Waals surface area (Å²) in [4.78, 5) is 77.3. The van der Waals surface area contributed by atoms with Gasteiger partial charge in [-0.15, -0.1) is 0 Å². The lowest BCUT2D eigenvalue weighted by Crippen LogP contribution is -2.75. The van der Waals surface area contributed by atoms with Crippen molar-refractivity contribution >= 4 is 35.9 Å². The fourth-order valence-electron chi connectivity index (χ4n) is 8.44. The van der Waals surface area contributed by atoms with E-state index in [1.54, 1.807) is 0 Å². The predicted octanol–water partition coefficient (Wildman–Crippen LogP) is 2.50. The Labute approximate surface area is 221 Å². The zero-order valence-electron chi connectivity index (χ0n) is 22.7. The summed E-state index contributed by atoms with van der Waals surface area (Å²) >= 11 is 0. The SMILES string of the molecule is C=C1C(=O)C23C(OC(C)=O)C[C@@H]4C(C)(C)CC[C@@H](OC(C)=O)[C@@]4(C=O)[C@@H]2[C@@H](OC(C)=O)C[C@@H]1[C@H]3OC(C)=O. The maximum atomic E-state index is 14.3. The van der Waals surface area contributed by atoms with Crippen molar-refractivity contribution < 1.29 is 47.7 Å². The average Bonchev–Trinajstić information content (AvgIpc) is 2.91. The third-order valence-electron chi connectivity index (χ3n) is 9.45. The van der Waals surface area contributed by atoms with E-state index in [9.17, 15) is 28.8 Å². The maximum Gasteiger partial charge on any atom is 0.302 e. The molecule has 10 heteroatoms. The van der Waals surface area contributed by atoms with Crippen molar-refractivity contribution in [1.29, 1.82) is 0 Å². The molecule has 0 heterocycles. The topological polar surface area (TPSA) is 139 Å². The van der Waals surface area contributed by atoms with Crippen LogP contribution in [0.2, 0.25) is 0 Å². The Morgan fingerprint density at radius 1 is 0.868 bits per heavy atom. The summed E-state index contributed by atoms with van der Waals surface area (Å²) in [7, 11) is 0. The van der Waals surface area contributed by atoms with E-state index < -0.39 is 88.1 Å². The highest BCUT2D eigenvalue weighted by Gasteiger charge is 2.81. The van der Waals surface area contributed by atoms with Gasteiger partial charge in [0, 0.05) is 39.5 Å². The van der Waals surface area contributed by atoms with Crippen LogP contribution in [0.1, 0.15) is 67.2 Å². The molecule has 0 radical (unpaired) electrons. The van der Waals surface area contributed by atoms with E-state index in [1.165, 1.54) is 27.7 Å². The van der Waals surface area contributed by atoms with E-state index in [0.717, 1.165) is 6.29 Å². The first-order valence-electron chi connectivity index (χ1n) is 13.0. The molecule has 4 fully saturated rings. The highest BCUT2D eigenvalue weighted by molar-refractivity contribution is 6.05. The van der Waals surface area contributed by atoms with Gasteiger partial charge in [-0.1, -0.05) is 20.4 Å². The van der Waals surface area contributed by atoms with Gasteiger partial charge in [-0.2, -0.15) is 0 Å². The molecule has 208 valence electrons. The lowest BCUT2D eigenvalue weighted by atomic mass is 9.38. The van der Waals surface area contributed by atoms with E-state index >= 15 is 0 Å². The van der Waals surface area contributed by atoms with Gasteiger partial charge < -0.3 is 23.7 Å². The van der Waals surface area contributed by atoms with Crippen LogP contribution in [-0.4, -0.2) is 60.4 Å². The monoisotopic (exact) mass is 532 g/mol. The lowest BCUT2D eigenvalue weighted by Gasteiger charge is -2.66. The molecule has 2 bridgehead atoms. The maximum absolute atomic E-state index is 14.3. The fourth-order valence-corrected chi connectivity index (χ4v) is 8.44. The van der Waals surface area contributed by atoms with Crippen LogP contribution < -0.4 is 0 Å². The van der Waals surface area contributed by atoms with Crippen LogP contribution >= 0.6 is 0 Å². The van der Waals surface area contributed by atoms with E-state index in [1.807, 2.05) is 13.8 Å². The number of carbonyl (C=O) groups excluding carboxylic acids is 6. The largest absolute Gasteiger partial charge is 0.462 e. The van der Waals surface area contributed by atoms with Gasteiger partial charge in [-0.3, -0.25) is 24.0 Å². The lowest BCUT2D eigenvalue weighted by molar-refractivity contribution is -0.276. The molecule has 4 rings (SSSR count). The Hall–Kier alpha value is -3.04. The molecule has 38 heavy (non-hydrogen) atoms. The summed E-state index contributed by atoms with van der Waals surface area (Å²) in [5.41, 5.74) is -3.62. The molecule has 10 nitrogen and oxygen atoms in total.